The maximum atomic E-state index is 8.96. The van der Waals surface area contributed by atoms with E-state index in [-0.39, 0.29) is 37.2 Å². The van der Waals surface area contributed by atoms with Gasteiger partial charge in [-0.1, -0.05) is 6.07 Å². The molecule has 0 aliphatic carbocycles. The molecule has 0 saturated carbocycles. The van der Waals surface area contributed by atoms with E-state index in [9.17, 15) is 0 Å². The predicted molar refractivity (Wildman–Crippen MR) is 142 cm³/mol. The number of aliphatic hydroxyl groups is 1. The maximum Gasteiger partial charge on any atom is 0.194 e. The molecule has 0 aliphatic rings. The summed E-state index contributed by atoms with van der Waals surface area (Å²) < 4.78 is 21.8. The molecule has 0 spiro atoms. The van der Waals surface area contributed by atoms with Gasteiger partial charge in [0, 0.05) is 20.1 Å². The largest absolute Gasteiger partial charge is 0.493 e. The minimum Gasteiger partial charge on any atom is -0.493 e. The smallest absolute Gasteiger partial charge is 0.194 e. The molecule has 0 heterocycles. The van der Waals surface area contributed by atoms with Crippen LogP contribution < -0.4 is 24.3 Å². The van der Waals surface area contributed by atoms with Gasteiger partial charge in [0.25, 0.3) is 0 Å². The number of ether oxygens (including phenoxy) is 4. The van der Waals surface area contributed by atoms with Crippen LogP contribution in [0.25, 0.3) is 0 Å². The third-order valence-electron chi connectivity index (χ3n) is 4.93. The molecule has 33 heavy (non-hydrogen) atoms. The second-order valence-electron chi connectivity index (χ2n) is 7.22. The number of nitrogens with zero attached hydrogens (tertiary/aromatic N) is 2. The second kappa shape index (κ2) is 14.7. The van der Waals surface area contributed by atoms with Crippen molar-refractivity contribution in [3.05, 3.63) is 47.0 Å². The van der Waals surface area contributed by atoms with Gasteiger partial charge in [-0.3, -0.25) is 0 Å². The fourth-order valence-electron chi connectivity index (χ4n) is 3.24. The first-order valence-electron chi connectivity index (χ1n) is 10.6. The Morgan fingerprint density at radius 3 is 2.24 bits per heavy atom. The molecule has 184 valence electrons. The minimum absolute atomic E-state index is 0. The van der Waals surface area contributed by atoms with Crippen molar-refractivity contribution in [1.29, 1.82) is 0 Å². The van der Waals surface area contributed by atoms with E-state index in [1.54, 1.807) is 21.3 Å². The van der Waals surface area contributed by atoms with Crippen molar-refractivity contribution in [3.63, 3.8) is 0 Å². The number of aryl methyl sites for hydroxylation is 1. The van der Waals surface area contributed by atoms with Gasteiger partial charge in [0.1, 0.15) is 6.61 Å². The lowest BCUT2D eigenvalue weighted by Crippen LogP contribution is -2.38. The van der Waals surface area contributed by atoms with E-state index >= 15 is 0 Å². The normalized spacial score (nSPS) is 10.8. The van der Waals surface area contributed by atoms with E-state index in [0.717, 1.165) is 34.9 Å². The van der Waals surface area contributed by atoms with E-state index in [0.29, 0.717) is 30.3 Å². The third kappa shape index (κ3) is 8.15. The number of aliphatic hydroxyl groups excluding tert-OH is 1. The van der Waals surface area contributed by atoms with Crippen LogP contribution in [-0.2, 0) is 13.1 Å². The zero-order valence-corrected chi connectivity index (χ0v) is 22.6. The van der Waals surface area contributed by atoms with Crippen LogP contribution in [0.3, 0.4) is 0 Å². The number of hydrogen-bond acceptors (Lipinski definition) is 6. The number of aliphatic imine (C=N–C) groups is 1. The zero-order valence-electron chi connectivity index (χ0n) is 20.3. The lowest BCUT2D eigenvalue weighted by molar-refractivity contribution is 0.196. The third-order valence-corrected chi connectivity index (χ3v) is 4.93. The number of halogens is 1. The summed E-state index contributed by atoms with van der Waals surface area (Å²) in [4.78, 5) is 6.87. The number of hydrogen-bond donors (Lipinski definition) is 2. The van der Waals surface area contributed by atoms with Crippen LogP contribution in [0.1, 0.15) is 23.6 Å². The summed E-state index contributed by atoms with van der Waals surface area (Å²) in [5.74, 6) is 3.44. The van der Waals surface area contributed by atoms with Crippen molar-refractivity contribution in [2.75, 3.05) is 48.1 Å². The Balaban J connectivity index is 0.00000544. The minimum atomic E-state index is -0.0485. The Labute approximate surface area is 213 Å². The summed E-state index contributed by atoms with van der Waals surface area (Å²) in [6.07, 6.45) is 0. The Morgan fingerprint density at radius 1 is 1.00 bits per heavy atom. The van der Waals surface area contributed by atoms with Crippen molar-refractivity contribution in [3.8, 4) is 23.0 Å². The molecule has 0 aromatic heterocycles. The SMILES string of the molecule is CCNC(=NCc1ccc(OCCO)c(OC)c1)N(C)Cc1cc(OC)c(OC)cc1C.I. The molecule has 0 bridgehead atoms. The Hall–Kier alpha value is -2.40. The Kier molecular flexibility index (Phi) is 12.7. The molecular formula is C24H36IN3O5. The van der Waals surface area contributed by atoms with Crippen molar-refractivity contribution in [2.45, 2.75) is 26.9 Å². The van der Waals surface area contributed by atoms with Crippen molar-refractivity contribution < 1.29 is 24.1 Å². The molecule has 2 aromatic carbocycles. The molecule has 0 unspecified atom stereocenters. The molecule has 0 saturated heterocycles. The Morgan fingerprint density at radius 2 is 1.64 bits per heavy atom. The van der Waals surface area contributed by atoms with Gasteiger partial charge < -0.3 is 34.3 Å². The topological polar surface area (TPSA) is 84.8 Å². The van der Waals surface area contributed by atoms with Gasteiger partial charge in [-0.15, -0.1) is 24.0 Å². The van der Waals surface area contributed by atoms with E-state index in [1.807, 2.05) is 44.3 Å². The molecule has 0 atom stereocenters. The lowest BCUT2D eigenvalue weighted by atomic mass is 10.1. The molecule has 2 rings (SSSR count). The summed E-state index contributed by atoms with van der Waals surface area (Å²) >= 11 is 0. The van der Waals surface area contributed by atoms with Gasteiger partial charge in [0.2, 0.25) is 0 Å². The number of rotatable bonds is 11. The average molecular weight is 573 g/mol. The highest BCUT2D eigenvalue weighted by Gasteiger charge is 2.13. The molecule has 0 fully saturated rings. The second-order valence-corrected chi connectivity index (χ2v) is 7.22. The number of nitrogens with one attached hydrogen (secondary N) is 1. The highest BCUT2D eigenvalue weighted by Crippen LogP contribution is 2.31. The first-order valence-corrected chi connectivity index (χ1v) is 10.6. The predicted octanol–water partition coefficient (Wildman–Crippen LogP) is 3.61. The van der Waals surface area contributed by atoms with E-state index in [2.05, 4.69) is 17.1 Å². The molecule has 9 heteroatoms. The quantitative estimate of drug-likeness (QED) is 0.242. The fraction of sp³-hybridized carbons (Fsp3) is 0.458. The van der Waals surface area contributed by atoms with Gasteiger partial charge >= 0.3 is 0 Å². The van der Waals surface area contributed by atoms with E-state index in [4.69, 9.17) is 29.0 Å². The van der Waals surface area contributed by atoms with Gasteiger partial charge in [-0.25, -0.2) is 4.99 Å². The highest BCUT2D eigenvalue weighted by atomic mass is 127. The summed E-state index contributed by atoms with van der Waals surface area (Å²) in [7, 11) is 6.88. The van der Waals surface area contributed by atoms with Crippen LogP contribution in [0.2, 0.25) is 0 Å². The molecule has 0 radical (unpaired) electrons. The van der Waals surface area contributed by atoms with Crippen LogP contribution in [-0.4, -0.2) is 64.1 Å². The van der Waals surface area contributed by atoms with Gasteiger partial charge in [-0.2, -0.15) is 0 Å². The summed E-state index contributed by atoms with van der Waals surface area (Å²) in [6, 6.07) is 9.67. The molecule has 0 amide bonds. The lowest BCUT2D eigenvalue weighted by Gasteiger charge is -2.24. The number of methoxy groups -OCH3 is 3. The van der Waals surface area contributed by atoms with E-state index in [1.165, 1.54) is 0 Å². The molecule has 2 N–H and O–H groups in total. The summed E-state index contributed by atoms with van der Waals surface area (Å²) in [5.41, 5.74) is 3.24. The highest BCUT2D eigenvalue weighted by molar-refractivity contribution is 14.0. The van der Waals surface area contributed by atoms with Crippen LogP contribution in [0.15, 0.2) is 35.3 Å². The zero-order chi connectivity index (χ0) is 23.5. The summed E-state index contributed by atoms with van der Waals surface area (Å²) in [6.45, 7) is 6.17. The van der Waals surface area contributed by atoms with Crippen LogP contribution in [0, 0.1) is 6.92 Å². The van der Waals surface area contributed by atoms with Crippen LogP contribution in [0.4, 0.5) is 0 Å². The van der Waals surface area contributed by atoms with E-state index < -0.39 is 0 Å². The first kappa shape index (κ1) is 28.6. The standard InChI is InChI=1S/C24H35N3O5.HI/c1-7-25-24(26-15-18-8-9-20(32-11-10-28)22(13-18)30-5)27(3)16-19-14-23(31-6)21(29-4)12-17(19)2;/h8-9,12-14,28H,7,10-11,15-16H2,1-6H3,(H,25,26);1H. The van der Waals surface area contributed by atoms with Crippen molar-refractivity contribution in [2.24, 2.45) is 4.99 Å². The molecule has 0 aliphatic heterocycles. The maximum absolute atomic E-state index is 8.96. The average Bonchev–Trinajstić information content (AvgIpc) is 2.81. The number of benzene rings is 2. The van der Waals surface area contributed by atoms with Gasteiger partial charge in [-0.05, 0) is 54.8 Å². The van der Waals surface area contributed by atoms with Gasteiger partial charge in [0.05, 0.1) is 34.5 Å². The van der Waals surface area contributed by atoms with Crippen LogP contribution >= 0.6 is 24.0 Å². The molecule has 2 aromatic rings. The number of guanidine groups is 1. The monoisotopic (exact) mass is 573 g/mol. The van der Waals surface area contributed by atoms with Crippen molar-refractivity contribution >= 4 is 29.9 Å². The van der Waals surface area contributed by atoms with Crippen LogP contribution in [0.5, 0.6) is 23.0 Å². The molecular weight excluding hydrogens is 537 g/mol. The van der Waals surface area contributed by atoms with Gasteiger partial charge in [0.15, 0.2) is 29.0 Å². The van der Waals surface area contributed by atoms with Crippen molar-refractivity contribution in [1.82, 2.24) is 10.2 Å². The Bertz CT molecular complexity index is 908. The molecule has 8 nitrogen and oxygen atoms in total. The summed E-state index contributed by atoms with van der Waals surface area (Å²) in [5, 5.41) is 12.3. The fourth-order valence-corrected chi connectivity index (χ4v) is 3.24. The first-order chi connectivity index (χ1) is 15.5.